The Labute approximate surface area is 111 Å². The molecule has 0 saturated carbocycles. The molecule has 1 rings (SSSR count). The van der Waals surface area contributed by atoms with Gasteiger partial charge in [0.2, 0.25) is 0 Å². The van der Waals surface area contributed by atoms with E-state index in [0.29, 0.717) is 6.04 Å². The Morgan fingerprint density at radius 2 is 1.67 bits per heavy atom. The minimum Gasteiger partial charge on any atom is -0.314 e. The quantitative estimate of drug-likeness (QED) is 0.834. The molecule has 4 heteroatoms. The van der Waals surface area contributed by atoms with Crippen LogP contribution in [0.25, 0.3) is 0 Å². The fourth-order valence-electron chi connectivity index (χ4n) is 2.01. The zero-order chi connectivity index (χ0) is 13.7. The Kier molecular flexibility index (Phi) is 5.69. The third-order valence-electron chi connectivity index (χ3n) is 2.85. The lowest BCUT2D eigenvalue weighted by Crippen LogP contribution is -2.25. The van der Waals surface area contributed by atoms with E-state index in [4.69, 9.17) is 0 Å². The second kappa shape index (κ2) is 6.81. The van der Waals surface area contributed by atoms with Gasteiger partial charge in [-0.3, -0.25) is 0 Å². The predicted molar refractivity (Wildman–Crippen MR) is 75.7 cm³/mol. The van der Waals surface area contributed by atoms with Crippen molar-refractivity contribution >= 4 is 0 Å². The number of aryl methyl sites for hydroxylation is 2. The summed E-state index contributed by atoms with van der Waals surface area (Å²) in [6.45, 7) is 10.3. The summed E-state index contributed by atoms with van der Waals surface area (Å²) in [5.41, 5.74) is 3.51. The Bertz CT molecular complexity index is 362. The van der Waals surface area contributed by atoms with Gasteiger partial charge in [-0.2, -0.15) is 0 Å². The smallest absolute Gasteiger partial charge is 0.142 e. The molecule has 0 bridgehead atoms. The second-order valence-electron chi connectivity index (χ2n) is 5.39. The van der Waals surface area contributed by atoms with Crippen LogP contribution in [0.2, 0.25) is 0 Å². The van der Waals surface area contributed by atoms with E-state index in [1.807, 2.05) is 14.1 Å². The third-order valence-corrected chi connectivity index (χ3v) is 2.85. The predicted octanol–water partition coefficient (Wildman–Crippen LogP) is 1.70. The van der Waals surface area contributed by atoms with E-state index in [1.54, 1.807) is 0 Å². The van der Waals surface area contributed by atoms with Crippen LogP contribution in [-0.2, 0) is 13.0 Å². The lowest BCUT2D eigenvalue weighted by molar-refractivity contribution is 0.389. The molecule has 1 heterocycles. The standard InChI is InChI=1S/C14H26N4/c1-10(2)15-8-7-13-11(3)16-14(9-18(5)6)17-12(13)4/h10,15H,7-9H2,1-6H3. The van der Waals surface area contributed by atoms with Gasteiger partial charge < -0.3 is 10.2 Å². The molecule has 1 aromatic rings. The summed E-state index contributed by atoms with van der Waals surface area (Å²) in [6, 6.07) is 0.527. The Balaban J connectivity index is 2.74. The highest BCUT2D eigenvalue weighted by atomic mass is 15.1. The van der Waals surface area contributed by atoms with Gasteiger partial charge in [-0.15, -0.1) is 0 Å². The summed E-state index contributed by atoms with van der Waals surface area (Å²) in [5, 5.41) is 3.43. The first-order valence-corrected chi connectivity index (χ1v) is 6.61. The molecule has 0 spiro atoms. The summed E-state index contributed by atoms with van der Waals surface area (Å²) in [4.78, 5) is 11.3. The number of rotatable bonds is 6. The zero-order valence-corrected chi connectivity index (χ0v) is 12.5. The lowest BCUT2D eigenvalue weighted by Gasteiger charge is -2.14. The van der Waals surface area contributed by atoms with Gasteiger partial charge in [0, 0.05) is 17.4 Å². The molecule has 0 aliphatic heterocycles. The van der Waals surface area contributed by atoms with E-state index in [0.717, 1.165) is 36.7 Å². The molecule has 0 saturated heterocycles. The van der Waals surface area contributed by atoms with E-state index >= 15 is 0 Å². The van der Waals surface area contributed by atoms with Crippen LogP contribution >= 0.6 is 0 Å². The van der Waals surface area contributed by atoms with Crippen LogP contribution in [0.4, 0.5) is 0 Å². The monoisotopic (exact) mass is 250 g/mol. The first kappa shape index (κ1) is 15.1. The summed E-state index contributed by atoms with van der Waals surface area (Å²) >= 11 is 0. The molecule has 18 heavy (non-hydrogen) atoms. The van der Waals surface area contributed by atoms with Crippen LogP contribution in [0.5, 0.6) is 0 Å². The van der Waals surface area contributed by atoms with Crippen molar-refractivity contribution in [3.05, 3.63) is 22.8 Å². The minimum atomic E-state index is 0.527. The first-order chi connectivity index (χ1) is 8.40. The SMILES string of the molecule is Cc1nc(CN(C)C)nc(C)c1CCNC(C)C. The van der Waals surface area contributed by atoms with Gasteiger partial charge in [0.1, 0.15) is 5.82 Å². The number of hydrogen-bond donors (Lipinski definition) is 1. The largest absolute Gasteiger partial charge is 0.314 e. The molecular formula is C14H26N4. The van der Waals surface area contributed by atoms with Gasteiger partial charge >= 0.3 is 0 Å². The number of hydrogen-bond acceptors (Lipinski definition) is 4. The van der Waals surface area contributed by atoms with Crippen molar-refractivity contribution in [2.24, 2.45) is 0 Å². The topological polar surface area (TPSA) is 41.1 Å². The summed E-state index contributed by atoms with van der Waals surface area (Å²) < 4.78 is 0. The van der Waals surface area contributed by atoms with Crippen LogP contribution in [-0.4, -0.2) is 41.5 Å². The molecule has 0 aliphatic rings. The van der Waals surface area contributed by atoms with Crippen molar-refractivity contribution < 1.29 is 0 Å². The fourth-order valence-corrected chi connectivity index (χ4v) is 2.01. The highest BCUT2D eigenvalue weighted by Crippen LogP contribution is 2.11. The second-order valence-corrected chi connectivity index (χ2v) is 5.39. The number of nitrogens with one attached hydrogen (secondary N) is 1. The maximum atomic E-state index is 4.59. The molecule has 0 atom stereocenters. The van der Waals surface area contributed by atoms with E-state index in [-0.39, 0.29) is 0 Å². The number of aromatic nitrogens is 2. The van der Waals surface area contributed by atoms with Gasteiger partial charge in [0.15, 0.2) is 0 Å². The van der Waals surface area contributed by atoms with Gasteiger partial charge in [0.25, 0.3) is 0 Å². The van der Waals surface area contributed by atoms with Crippen molar-refractivity contribution in [1.29, 1.82) is 0 Å². The van der Waals surface area contributed by atoms with Crippen molar-refractivity contribution in [2.45, 2.75) is 46.7 Å². The number of nitrogens with zero attached hydrogens (tertiary/aromatic N) is 3. The fraction of sp³-hybridized carbons (Fsp3) is 0.714. The molecule has 0 radical (unpaired) electrons. The molecule has 1 N–H and O–H groups in total. The van der Waals surface area contributed by atoms with Crippen molar-refractivity contribution in [2.75, 3.05) is 20.6 Å². The lowest BCUT2D eigenvalue weighted by atomic mass is 10.1. The first-order valence-electron chi connectivity index (χ1n) is 6.61. The van der Waals surface area contributed by atoms with Crippen LogP contribution in [0.15, 0.2) is 0 Å². The molecule has 4 nitrogen and oxygen atoms in total. The maximum Gasteiger partial charge on any atom is 0.142 e. The van der Waals surface area contributed by atoms with Crippen LogP contribution in [0, 0.1) is 13.8 Å². The van der Waals surface area contributed by atoms with E-state index in [1.165, 1.54) is 5.56 Å². The summed E-state index contributed by atoms with van der Waals surface area (Å²) in [5.74, 6) is 0.913. The van der Waals surface area contributed by atoms with Crippen molar-refractivity contribution in [1.82, 2.24) is 20.2 Å². The molecule has 0 unspecified atom stereocenters. The van der Waals surface area contributed by atoms with Gasteiger partial charge in [-0.25, -0.2) is 9.97 Å². The Morgan fingerprint density at radius 3 is 2.11 bits per heavy atom. The minimum absolute atomic E-state index is 0.527. The van der Waals surface area contributed by atoms with E-state index in [9.17, 15) is 0 Å². The van der Waals surface area contributed by atoms with E-state index < -0.39 is 0 Å². The molecule has 1 aromatic heterocycles. The highest BCUT2D eigenvalue weighted by molar-refractivity contribution is 5.24. The Morgan fingerprint density at radius 1 is 1.11 bits per heavy atom. The Hall–Kier alpha value is -1.00. The molecular weight excluding hydrogens is 224 g/mol. The molecule has 0 fully saturated rings. The molecule has 0 amide bonds. The highest BCUT2D eigenvalue weighted by Gasteiger charge is 2.09. The van der Waals surface area contributed by atoms with Crippen LogP contribution in [0.3, 0.4) is 0 Å². The third kappa shape index (κ3) is 4.70. The normalized spacial score (nSPS) is 11.6. The average Bonchev–Trinajstić information content (AvgIpc) is 2.20. The van der Waals surface area contributed by atoms with Gasteiger partial charge in [0.05, 0.1) is 6.54 Å². The summed E-state index contributed by atoms with van der Waals surface area (Å²) in [6.07, 6.45) is 0.998. The van der Waals surface area contributed by atoms with Crippen LogP contribution in [0.1, 0.15) is 36.6 Å². The van der Waals surface area contributed by atoms with Gasteiger partial charge in [-0.1, -0.05) is 13.8 Å². The summed E-state index contributed by atoms with van der Waals surface area (Å²) in [7, 11) is 4.07. The average molecular weight is 250 g/mol. The molecule has 0 aliphatic carbocycles. The molecule has 0 aromatic carbocycles. The van der Waals surface area contributed by atoms with Gasteiger partial charge in [-0.05, 0) is 46.5 Å². The van der Waals surface area contributed by atoms with Crippen molar-refractivity contribution in [3.8, 4) is 0 Å². The zero-order valence-electron chi connectivity index (χ0n) is 12.5. The molecule has 102 valence electrons. The van der Waals surface area contributed by atoms with Crippen molar-refractivity contribution in [3.63, 3.8) is 0 Å². The van der Waals surface area contributed by atoms with Crippen LogP contribution < -0.4 is 5.32 Å². The van der Waals surface area contributed by atoms with E-state index in [2.05, 4.69) is 47.9 Å². The maximum absolute atomic E-state index is 4.59.